The summed E-state index contributed by atoms with van der Waals surface area (Å²) in [4.78, 5) is 8.85. The highest BCUT2D eigenvalue weighted by molar-refractivity contribution is 5.41. The van der Waals surface area contributed by atoms with Crippen LogP contribution >= 0.6 is 0 Å². The van der Waals surface area contributed by atoms with Gasteiger partial charge in [-0.2, -0.15) is 0 Å². The van der Waals surface area contributed by atoms with Gasteiger partial charge in [-0.25, -0.2) is 4.98 Å². The summed E-state index contributed by atoms with van der Waals surface area (Å²) in [6.45, 7) is 6.32. The quantitative estimate of drug-likeness (QED) is 0.773. The lowest BCUT2D eigenvalue weighted by atomic mass is 10.1. The molecule has 0 saturated heterocycles. The molecule has 0 aliphatic heterocycles. The van der Waals surface area contributed by atoms with Crippen LogP contribution in [-0.2, 0) is 6.42 Å². The van der Waals surface area contributed by atoms with Crippen molar-refractivity contribution in [3.63, 3.8) is 0 Å². The van der Waals surface area contributed by atoms with E-state index in [0.29, 0.717) is 5.92 Å². The summed E-state index contributed by atoms with van der Waals surface area (Å²) in [5.41, 5.74) is 2.08. The van der Waals surface area contributed by atoms with Gasteiger partial charge >= 0.3 is 0 Å². The Kier molecular flexibility index (Phi) is 3.23. The fourth-order valence-corrected chi connectivity index (χ4v) is 1.21. The highest BCUT2D eigenvalue weighted by Gasteiger charge is 2.08. The Morgan fingerprint density at radius 3 is 2.62 bits per heavy atom. The minimum absolute atomic E-state index is 0.417. The van der Waals surface area contributed by atoms with Gasteiger partial charge in [-0.05, 0) is 12.3 Å². The molecule has 0 aliphatic rings. The number of aryl methyl sites for hydroxylation is 1. The Balaban J connectivity index is 3.08. The van der Waals surface area contributed by atoms with E-state index in [9.17, 15) is 0 Å². The molecule has 1 aromatic rings. The normalized spacial score (nSPS) is 10.5. The molecule has 0 amide bonds. The van der Waals surface area contributed by atoms with Crippen LogP contribution in [0.4, 0.5) is 5.82 Å². The molecule has 72 valence electrons. The summed E-state index contributed by atoms with van der Waals surface area (Å²) < 4.78 is 0. The van der Waals surface area contributed by atoms with Crippen molar-refractivity contribution in [1.82, 2.24) is 9.97 Å². The monoisotopic (exact) mass is 179 g/mol. The molecular weight excluding hydrogens is 162 g/mol. The molecule has 1 rings (SSSR count). The molecule has 0 spiro atoms. The number of anilines is 1. The standard InChI is InChI=1S/C10H17N3/c1-5-8-6-12-9(7(2)3)10(11-4)13-8/h6-7H,5H2,1-4H3,(H,11,13). The van der Waals surface area contributed by atoms with Gasteiger partial charge in [-0.15, -0.1) is 0 Å². The van der Waals surface area contributed by atoms with E-state index in [0.717, 1.165) is 23.6 Å². The Morgan fingerprint density at radius 1 is 1.46 bits per heavy atom. The van der Waals surface area contributed by atoms with Gasteiger partial charge in [0.05, 0.1) is 11.4 Å². The first-order chi connectivity index (χ1) is 6.19. The van der Waals surface area contributed by atoms with Crippen LogP contribution in [0.2, 0.25) is 0 Å². The Hall–Kier alpha value is -1.12. The summed E-state index contributed by atoms with van der Waals surface area (Å²) >= 11 is 0. The summed E-state index contributed by atoms with van der Waals surface area (Å²) in [6.07, 6.45) is 2.79. The van der Waals surface area contributed by atoms with Crippen LogP contribution in [0, 0.1) is 0 Å². The van der Waals surface area contributed by atoms with Crippen LogP contribution in [-0.4, -0.2) is 17.0 Å². The highest BCUT2D eigenvalue weighted by Crippen LogP contribution is 2.19. The van der Waals surface area contributed by atoms with Crippen molar-refractivity contribution < 1.29 is 0 Å². The molecule has 0 unspecified atom stereocenters. The van der Waals surface area contributed by atoms with E-state index in [1.54, 1.807) is 0 Å². The lowest BCUT2D eigenvalue weighted by Crippen LogP contribution is -2.05. The third-order valence-corrected chi connectivity index (χ3v) is 2.00. The zero-order valence-corrected chi connectivity index (χ0v) is 8.76. The molecule has 3 nitrogen and oxygen atoms in total. The van der Waals surface area contributed by atoms with Crippen molar-refractivity contribution in [2.24, 2.45) is 0 Å². The molecule has 1 aromatic heterocycles. The van der Waals surface area contributed by atoms with Crippen LogP contribution < -0.4 is 5.32 Å². The molecule has 0 atom stereocenters. The fraction of sp³-hybridized carbons (Fsp3) is 0.600. The Morgan fingerprint density at radius 2 is 2.15 bits per heavy atom. The minimum atomic E-state index is 0.417. The predicted octanol–water partition coefficient (Wildman–Crippen LogP) is 2.20. The molecule has 1 N–H and O–H groups in total. The average Bonchev–Trinajstić information content (AvgIpc) is 2.16. The molecule has 0 saturated carbocycles. The van der Waals surface area contributed by atoms with E-state index >= 15 is 0 Å². The average molecular weight is 179 g/mol. The van der Waals surface area contributed by atoms with Gasteiger partial charge in [-0.3, -0.25) is 4.98 Å². The number of hydrogen-bond acceptors (Lipinski definition) is 3. The topological polar surface area (TPSA) is 37.8 Å². The molecular formula is C10H17N3. The van der Waals surface area contributed by atoms with E-state index in [2.05, 4.69) is 36.1 Å². The first-order valence-electron chi connectivity index (χ1n) is 4.72. The second-order valence-corrected chi connectivity index (χ2v) is 3.35. The minimum Gasteiger partial charge on any atom is -0.372 e. The predicted molar refractivity (Wildman–Crippen MR) is 55.0 cm³/mol. The van der Waals surface area contributed by atoms with Crippen molar-refractivity contribution in [3.8, 4) is 0 Å². The highest BCUT2D eigenvalue weighted by atomic mass is 15.0. The van der Waals surface area contributed by atoms with Crippen LogP contribution in [0.5, 0.6) is 0 Å². The molecule has 0 fully saturated rings. The molecule has 0 bridgehead atoms. The molecule has 13 heavy (non-hydrogen) atoms. The van der Waals surface area contributed by atoms with E-state index in [-0.39, 0.29) is 0 Å². The third-order valence-electron chi connectivity index (χ3n) is 2.00. The van der Waals surface area contributed by atoms with Crippen molar-refractivity contribution >= 4 is 5.82 Å². The second-order valence-electron chi connectivity index (χ2n) is 3.35. The van der Waals surface area contributed by atoms with Gasteiger partial charge in [0.1, 0.15) is 5.82 Å². The maximum Gasteiger partial charge on any atom is 0.148 e. The van der Waals surface area contributed by atoms with Gasteiger partial charge in [0.15, 0.2) is 0 Å². The first-order valence-corrected chi connectivity index (χ1v) is 4.72. The Labute approximate surface area is 79.6 Å². The van der Waals surface area contributed by atoms with E-state index in [1.165, 1.54) is 0 Å². The smallest absolute Gasteiger partial charge is 0.148 e. The lowest BCUT2D eigenvalue weighted by Gasteiger charge is -2.10. The molecule has 0 aromatic carbocycles. The van der Waals surface area contributed by atoms with Crippen molar-refractivity contribution in [2.45, 2.75) is 33.1 Å². The van der Waals surface area contributed by atoms with Gasteiger partial charge in [0.25, 0.3) is 0 Å². The zero-order valence-electron chi connectivity index (χ0n) is 8.76. The van der Waals surface area contributed by atoms with E-state index in [1.807, 2.05) is 13.2 Å². The molecule has 1 heterocycles. The van der Waals surface area contributed by atoms with Crippen LogP contribution in [0.1, 0.15) is 38.1 Å². The maximum atomic E-state index is 4.46. The number of rotatable bonds is 3. The van der Waals surface area contributed by atoms with Crippen LogP contribution in [0.15, 0.2) is 6.20 Å². The summed E-state index contributed by atoms with van der Waals surface area (Å²) in [5, 5.41) is 3.08. The SMILES string of the molecule is CCc1cnc(C(C)C)c(NC)n1. The maximum absolute atomic E-state index is 4.46. The van der Waals surface area contributed by atoms with Crippen molar-refractivity contribution in [3.05, 3.63) is 17.6 Å². The number of nitrogens with zero attached hydrogens (tertiary/aromatic N) is 2. The van der Waals surface area contributed by atoms with Crippen LogP contribution in [0.25, 0.3) is 0 Å². The summed E-state index contributed by atoms with van der Waals surface area (Å²) in [5.74, 6) is 1.33. The molecule has 0 radical (unpaired) electrons. The number of hydrogen-bond donors (Lipinski definition) is 1. The van der Waals surface area contributed by atoms with Gasteiger partial charge in [-0.1, -0.05) is 20.8 Å². The van der Waals surface area contributed by atoms with Gasteiger partial charge < -0.3 is 5.32 Å². The fourth-order valence-electron chi connectivity index (χ4n) is 1.21. The van der Waals surface area contributed by atoms with Gasteiger partial charge in [0.2, 0.25) is 0 Å². The molecule has 3 heteroatoms. The largest absolute Gasteiger partial charge is 0.372 e. The number of aromatic nitrogens is 2. The summed E-state index contributed by atoms with van der Waals surface area (Å²) in [7, 11) is 1.88. The Bertz CT molecular complexity index is 281. The number of nitrogens with one attached hydrogen (secondary N) is 1. The first kappa shape index (κ1) is 9.96. The van der Waals surface area contributed by atoms with Crippen molar-refractivity contribution in [2.75, 3.05) is 12.4 Å². The van der Waals surface area contributed by atoms with Crippen molar-refractivity contribution in [1.29, 1.82) is 0 Å². The van der Waals surface area contributed by atoms with E-state index < -0.39 is 0 Å². The summed E-state index contributed by atoms with van der Waals surface area (Å²) in [6, 6.07) is 0. The van der Waals surface area contributed by atoms with Gasteiger partial charge in [0, 0.05) is 13.2 Å². The lowest BCUT2D eigenvalue weighted by molar-refractivity contribution is 0.805. The van der Waals surface area contributed by atoms with E-state index in [4.69, 9.17) is 0 Å². The van der Waals surface area contributed by atoms with Crippen LogP contribution in [0.3, 0.4) is 0 Å². The zero-order chi connectivity index (χ0) is 9.84. The third kappa shape index (κ3) is 2.17. The second kappa shape index (κ2) is 4.21. The molecule has 0 aliphatic carbocycles.